The summed E-state index contributed by atoms with van der Waals surface area (Å²) in [5.74, 6) is 0.0497. The number of nitrogens with zero attached hydrogens (tertiary/aromatic N) is 1. The number of aromatic hydroxyl groups is 1. The molecule has 0 bridgehead atoms. The minimum absolute atomic E-state index is 0.0497. The van der Waals surface area contributed by atoms with E-state index in [0.29, 0.717) is 17.4 Å². The third-order valence-corrected chi connectivity index (χ3v) is 2.71. The maximum Gasteiger partial charge on any atom is 0.255 e. The van der Waals surface area contributed by atoms with Crippen molar-refractivity contribution in [3.05, 3.63) is 35.5 Å². The van der Waals surface area contributed by atoms with E-state index >= 15 is 0 Å². The van der Waals surface area contributed by atoms with Crippen LogP contribution in [0.15, 0.2) is 24.3 Å². The van der Waals surface area contributed by atoms with Crippen molar-refractivity contribution in [3.63, 3.8) is 0 Å². The second-order valence-electron chi connectivity index (χ2n) is 3.59. The molecular formula is C12H12NO2+. The summed E-state index contributed by atoms with van der Waals surface area (Å²) >= 11 is 0. The lowest BCUT2D eigenvalue weighted by molar-refractivity contribution is -0.651. The Morgan fingerprint density at radius 1 is 1.27 bits per heavy atom. The van der Waals surface area contributed by atoms with Gasteiger partial charge in [-0.25, -0.2) is 0 Å². The van der Waals surface area contributed by atoms with E-state index in [2.05, 4.69) is 0 Å². The predicted molar refractivity (Wildman–Crippen MR) is 56.9 cm³/mol. The van der Waals surface area contributed by atoms with Crippen LogP contribution < -0.4 is 4.57 Å². The van der Waals surface area contributed by atoms with E-state index in [0.717, 1.165) is 11.1 Å². The highest BCUT2D eigenvalue weighted by Gasteiger charge is 2.15. The lowest BCUT2D eigenvalue weighted by Gasteiger charge is -2.03. The molecule has 2 aromatic rings. The Balaban J connectivity index is 2.95. The zero-order valence-electron chi connectivity index (χ0n) is 8.69. The average molecular weight is 202 g/mol. The molecule has 0 amide bonds. The van der Waals surface area contributed by atoms with Crippen molar-refractivity contribution in [2.24, 2.45) is 7.05 Å². The summed E-state index contributed by atoms with van der Waals surface area (Å²) < 4.78 is 1.87. The molecule has 3 heteroatoms. The van der Waals surface area contributed by atoms with Crippen molar-refractivity contribution in [1.82, 2.24) is 0 Å². The normalized spacial score (nSPS) is 10.5. The fraction of sp³-hybridized carbons (Fsp3) is 0.167. The Labute approximate surface area is 87.6 Å². The Morgan fingerprint density at radius 2 is 1.93 bits per heavy atom. The van der Waals surface area contributed by atoms with Gasteiger partial charge in [0.25, 0.3) is 5.52 Å². The van der Waals surface area contributed by atoms with Crippen LogP contribution in [0.1, 0.15) is 16.1 Å². The van der Waals surface area contributed by atoms with Gasteiger partial charge in [0.1, 0.15) is 7.05 Å². The van der Waals surface area contributed by atoms with Gasteiger partial charge in [-0.2, -0.15) is 4.57 Å². The third kappa shape index (κ3) is 1.36. The van der Waals surface area contributed by atoms with Crippen LogP contribution in [0, 0.1) is 6.92 Å². The third-order valence-electron chi connectivity index (χ3n) is 2.71. The summed E-state index contributed by atoms with van der Waals surface area (Å²) in [6.45, 7) is 1.95. The zero-order chi connectivity index (χ0) is 11.0. The van der Waals surface area contributed by atoms with Gasteiger partial charge in [-0.15, -0.1) is 0 Å². The van der Waals surface area contributed by atoms with E-state index in [1.165, 1.54) is 0 Å². The molecule has 3 nitrogen and oxygen atoms in total. The van der Waals surface area contributed by atoms with Crippen molar-refractivity contribution >= 4 is 17.2 Å². The number of hydrogen-bond donors (Lipinski definition) is 1. The van der Waals surface area contributed by atoms with Crippen molar-refractivity contribution in [1.29, 1.82) is 0 Å². The summed E-state index contributed by atoms with van der Waals surface area (Å²) in [6.07, 6.45) is 0.664. The number of aromatic nitrogens is 1. The zero-order valence-corrected chi connectivity index (χ0v) is 8.69. The van der Waals surface area contributed by atoms with Crippen molar-refractivity contribution in [2.75, 3.05) is 0 Å². The van der Waals surface area contributed by atoms with Crippen molar-refractivity contribution in [2.45, 2.75) is 6.92 Å². The summed E-state index contributed by atoms with van der Waals surface area (Å²) in [6, 6.07) is 7.36. The fourth-order valence-corrected chi connectivity index (χ4v) is 1.69. The van der Waals surface area contributed by atoms with Crippen molar-refractivity contribution in [3.8, 4) is 5.75 Å². The number of aryl methyl sites for hydroxylation is 2. The molecular weight excluding hydrogens is 190 g/mol. The molecule has 0 saturated heterocycles. The minimum Gasteiger partial charge on any atom is -0.502 e. The molecule has 0 unspecified atom stereocenters. The molecule has 1 aromatic heterocycles. The minimum atomic E-state index is 0.0497. The summed E-state index contributed by atoms with van der Waals surface area (Å²) in [4.78, 5) is 10.7. The molecule has 0 aliphatic carbocycles. The molecule has 15 heavy (non-hydrogen) atoms. The topological polar surface area (TPSA) is 41.2 Å². The standard InChI is InChI=1S/C12H11NO2/c1-8-3-4-9-5-6-10(7-14)12(15)11(9)13(8)2/h3-7H,1-2H3/p+1. The van der Waals surface area contributed by atoms with Crippen LogP contribution in [0.5, 0.6) is 5.75 Å². The van der Waals surface area contributed by atoms with Crippen LogP contribution in [-0.2, 0) is 7.05 Å². The van der Waals surface area contributed by atoms with Crippen LogP contribution >= 0.6 is 0 Å². The summed E-state index contributed by atoms with van der Waals surface area (Å²) in [5.41, 5.74) is 2.05. The second-order valence-corrected chi connectivity index (χ2v) is 3.59. The number of carbonyl (C=O) groups excluding carboxylic acids is 1. The molecule has 0 aliphatic heterocycles. The monoisotopic (exact) mass is 202 g/mol. The molecule has 0 atom stereocenters. The first-order chi connectivity index (χ1) is 7.15. The summed E-state index contributed by atoms with van der Waals surface area (Å²) in [5, 5.41) is 10.8. The highest BCUT2D eigenvalue weighted by molar-refractivity contribution is 5.91. The molecule has 1 heterocycles. The number of fused-ring (bicyclic) bond motifs is 1. The van der Waals surface area contributed by atoms with Gasteiger partial charge in [-0.05, 0) is 18.2 Å². The summed E-state index contributed by atoms with van der Waals surface area (Å²) in [7, 11) is 1.87. The number of benzene rings is 1. The fourth-order valence-electron chi connectivity index (χ4n) is 1.69. The number of hydrogen-bond acceptors (Lipinski definition) is 2. The number of phenolic OH excluding ortho intramolecular Hbond substituents is 1. The molecule has 2 rings (SSSR count). The first-order valence-corrected chi connectivity index (χ1v) is 4.71. The van der Waals surface area contributed by atoms with Gasteiger partial charge in [0.15, 0.2) is 17.7 Å². The molecule has 1 N–H and O–H groups in total. The molecule has 0 fully saturated rings. The number of phenols is 1. The number of pyridine rings is 1. The predicted octanol–water partition coefficient (Wildman–Crippen LogP) is 1.49. The number of carbonyl (C=O) groups is 1. The van der Waals surface area contributed by atoms with Gasteiger partial charge >= 0.3 is 0 Å². The Kier molecular flexibility index (Phi) is 2.15. The van der Waals surface area contributed by atoms with Crippen LogP contribution in [0.3, 0.4) is 0 Å². The molecule has 0 aliphatic rings. The number of aldehydes is 1. The van der Waals surface area contributed by atoms with Gasteiger partial charge in [0.05, 0.1) is 10.9 Å². The SMILES string of the molecule is Cc1ccc2ccc(C=O)c(O)c2[n+]1C. The van der Waals surface area contributed by atoms with Crippen LogP contribution in [-0.4, -0.2) is 11.4 Å². The average Bonchev–Trinajstić information content (AvgIpc) is 2.24. The van der Waals surface area contributed by atoms with Crippen LogP contribution in [0.2, 0.25) is 0 Å². The maximum absolute atomic E-state index is 10.7. The first kappa shape index (κ1) is 9.65. The Bertz CT molecular complexity index is 547. The number of rotatable bonds is 1. The largest absolute Gasteiger partial charge is 0.502 e. The van der Waals surface area contributed by atoms with E-state index in [9.17, 15) is 9.90 Å². The lowest BCUT2D eigenvalue weighted by Crippen LogP contribution is -2.32. The van der Waals surface area contributed by atoms with Gasteiger partial charge in [0.2, 0.25) is 0 Å². The van der Waals surface area contributed by atoms with Crippen molar-refractivity contribution < 1.29 is 14.5 Å². The highest BCUT2D eigenvalue weighted by atomic mass is 16.3. The van der Waals surface area contributed by atoms with E-state index < -0.39 is 0 Å². The molecule has 0 saturated carbocycles. The Morgan fingerprint density at radius 3 is 2.60 bits per heavy atom. The Hall–Kier alpha value is -1.90. The van der Waals surface area contributed by atoms with E-state index in [1.807, 2.05) is 36.7 Å². The quantitative estimate of drug-likeness (QED) is 0.562. The van der Waals surface area contributed by atoms with Gasteiger partial charge in [-0.1, -0.05) is 0 Å². The van der Waals surface area contributed by atoms with Gasteiger partial charge in [0, 0.05) is 13.0 Å². The molecule has 1 aromatic carbocycles. The molecule has 0 radical (unpaired) electrons. The highest BCUT2D eigenvalue weighted by Crippen LogP contribution is 2.24. The van der Waals surface area contributed by atoms with E-state index in [1.54, 1.807) is 6.07 Å². The van der Waals surface area contributed by atoms with E-state index in [-0.39, 0.29) is 5.75 Å². The first-order valence-electron chi connectivity index (χ1n) is 4.71. The van der Waals surface area contributed by atoms with Crippen LogP contribution in [0.4, 0.5) is 0 Å². The maximum atomic E-state index is 10.7. The second kappa shape index (κ2) is 3.35. The van der Waals surface area contributed by atoms with Crippen LogP contribution in [0.25, 0.3) is 10.9 Å². The molecule has 76 valence electrons. The molecule has 0 spiro atoms. The lowest BCUT2D eigenvalue weighted by atomic mass is 10.1. The van der Waals surface area contributed by atoms with Gasteiger partial charge < -0.3 is 5.11 Å². The smallest absolute Gasteiger partial charge is 0.255 e. The van der Waals surface area contributed by atoms with E-state index in [4.69, 9.17) is 0 Å². The van der Waals surface area contributed by atoms with Gasteiger partial charge in [-0.3, -0.25) is 4.79 Å².